The van der Waals surface area contributed by atoms with Crippen LogP contribution in [0.4, 0.5) is 0 Å². The van der Waals surface area contributed by atoms with Gasteiger partial charge in [0.15, 0.2) is 0 Å². The van der Waals surface area contributed by atoms with Crippen molar-refractivity contribution in [3.05, 3.63) is 0 Å². The Bertz CT molecular complexity index is 333. The van der Waals surface area contributed by atoms with Crippen molar-refractivity contribution in [2.45, 2.75) is 92.9 Å². The van der Waals surface area contributed by atoms with E-state index >= 15 is 0 Å². The number of rotatable bonds is 0. The molecule has 112 valence electrons. The van der Waals surface area contributed by atoms with Crippen LogP contribution in [0.25, 0.3) is 0 Å². The van der Waals surface area contributed by atoms with Gasteiger partial charge in [0.05, 0.1) is 0 Å². The molecule has 0 aromatic heterocycles. The van der Waals surface area contributed by atoms with Gasteiger partial charge in [0.25, 0.3) is 0 Å². The molecule has 0 saturated heterocycles. The molecule has 0 nitrogen and oxygen atoms in total. The van der Waals surface area contributed by atoms with E-state index in [4.69, 9.17) is 0 Å². The van der Waals surface area contributed by atoms with E-state index in [0.29, 0.717) is 16.2 Å². The van der Waals surface area contributed by atoms with Crippen LogP contribution in [0.5, 0.6) is 0 Å². The van der Waals surface area contributed by atoms with Crippen LogP contribution in [0.1, 0.15) is 92.9 Å². The second-order valence-corrected chi connectivity index (χ2v) is 8.79. The van der Waals surface area contributed by atoms with E-state index in [-0.39, 0.29) is 7.43 Å². The van der Waals surface area contributed by atoms with Crippen LogP contribution in [0, 0.1) is 28.1 Å². The Hall–Kier alpha value is 0. The number of fused-ring (bicyclic) bond motifs is 5. The van der Waals surface area contributed by atoms with Gasteiger partial charge in [-0.15, -0.1) is 0 Å². The zero-order valence-corrected chi connectivity index (χ0v) is 13.0. The predicted octanol–water partition coefficient (Wildman–Crippen LogP) is 6.45. The van der Waals surface area contributed by atoms with Gasteiger partial charge in [0.2, 0.25) is 0 Å². The van der Waals surface area contributed by atoms with Crippen LogP contribution in [-0.4, -0.2) is 0 Å². The molecule has 3 aliphatic rings. The van der Waals surface area contributed by atoms with Crippen LogP contribution in [0.15, 0.2) is 0 Å². The summed E-state index contributed by atoms with van der Waals surface area (Å²) in [4.78, 5) is 0. The molecule has 3 fully saturated rings. The van der Waals surface area contributed by atoms with Crippen LogP contribution in [0.3, 0.4) is 0 Å². The minimum Gasteiger partial charge on any atom is -0.0776 e. The molecule has 0 aromatic carbocycles. The lowest BCUT2D eigenvalue weighted by Gasteiger charge is -2.48. The molecule has 3 aliphatic carbocycles. The summed E-state index contributed by atoms with van der Waals surface area (Å²) < 4.78 is 0. The van der Waals surface area contributed by atoms with Crippen molar-refractivity contribution in [3.8, 4) is 0 Å². The van der Waals surface area contributed by atoms with E-state index in [1.54, 1.807) is 0 Å². The van der Waals surface area contributed by atoms with Crippen molar-refractivity contribution in [1.82, 2.24) is 0 Å². The van der Waals surface area contributed by atoms with Crippen LogP contribution in [-0.2, 0) is 0 Å². The monoisotopic (exact) mass is 264 g/mol. The molecule has 0 N–H and O–H groups in total. The largest absolute Gasteiger partial charge is 0.0776 e. The maximum absolute atomic E-state index is 2.66. The summed E-state index contributed by atoms with van der Waals surface area (Å²) in [6, 6.07) is 0. The highest BCUT2D eigenvalue weighted by Crippen LogP contribution is 2.72. The minimum atomic E-state index is 0. The molecule has 0 amide bonds. The van der Waals surface area contributed by atoms with E-state index in [0.717, 1.165) is 11.8 Å². The molecule has 2 bridgehead atoms. The zero-order valence-electron chi connectivity index (χ0n) is 13.0. The Labute approximate surface area is 121 Å². The SMILES string of the molecule is C.CC1CCC2(C)CC(C)(CC1)C1(C)CCCCC21. The summed E-state index contributed by atoms with van der Waals surface area (Å²) in [6.45, 7) is 10.4. The normalized spacial score (nSPS) is 53.7. The predicted molar refractivity (Wildman–Crippen MR) is 85.3 cm³/mol. The van der Waals surface area contributed by atoms with E-state index in [9.17, 15) is 0 Å². The first-order chi connectivity index (χ1) is 8.40. The highest BCUT2D eigenvalue weighted by molar-refractivity contribution is 5.12. The Morgan fingerprint density at radius 1 is 0.842 bits per heavy atom. The highest BCUT2D eigenvalue weighted by atomic mass is 14.7. The van der Waals surface area contributed by atoms with Crippen molar-refractivity contribution in [2.24, 2.45) is 28.1 Å². The van der Waals surface area contributed by atoms with E-state index in [1.807, 2.05) is 0 Å². The van der Waals surface area contributed by atoms with E-state index in [2.05, 4.69) is 27.7 Å². The molecule has 0 heteroatoms. The van der Waals surface area contributed by atoms with E-state index in [1.165, 1.54) is 57.8 Å². The van der Waals surface area contributed by atoms with Crippen molar-refractivity contribution < 1.29 is 0 Å². The molecule has 0 heterocycles. The standard InChI is InChI=1S/C18H32.CH4/c1-14-8-11-16(2)13-17(3,12-9-14)18(4)10-6-5-7-15(16)18;/h14-15H,5-13H2,1-4H3;1H4. The molecule has 0 spiro atoms. The quantitative estimate of drug-likeness (QED) is 0.472. The Morgan fingerprint density at radius 3 is 2.26 bits per heavy atom. The molecule has 0 radical (unpaired) electrons. The zero-order chi connectivity index (χ0) is 13.0. The summed E-state index contributed by atoms with van der Waals surface area (Å²) >= 11 is 0. The van der Waals surface area contributed by atoms with E-state index < -0.39 is 0 Å². The molecule has 3 saturated carbocycles. The van der Waals surface area contributed by atoms with Gasteiger partial charge in [-0.05, 0) is 60.2 Å². The first kappa shape index (κ1) is 15.4. The molecular weight excluding hydrogens is 228 g/mol. The molecule has 3 rings (SSSR count). The topological polar surface area (TPSA) is 0 Å². The van der Waals surface area contributed by atoms with Gasteiger partial charge in [-0.1, -0.05) is 60.8 Å². The van der Waals surface area contributed by atoms with Crippen LogP contribution >= 0.6 is 0 Å². The molecular formula is C19H36. The Morgan fingerprint density at radius 2 is 1.53 bits per heavy atom. The summed E-state index contributed by atoms with van der Waals surface area (Å²) in [5, 5.41) is 0. The lowest BCUT2D eigenvalue weighted by molar-refractivity contribution is 0.00920. The average Bonchev–Trinajstić information content (AvgIpc) is 2.51. The molecule has 0 aromatic rings. The van der Waals surface area contributed by atoms with Gasteiger partial charge in [-0.3, -0.25) is 0 Å². The molecule has 0 aliphatic heterocycles. The van der Waals surface area contributed by atoms with Crippen LogP contribution < -0.4 is 0 Å². The number of hydrogen-bond donors (Lipinski definition) is 0. The fourth-order valence-electron chi connectivity index (χ4n) is 6.31. The fourth-order valence-corrected chi connectivity index (χ4v) is 6.31. The maximum Gasteiger partial charge on any atom is -0.0238 e. The lowest BCUT2D eigenvalue weighted by atomic mass is 9.56. The average molecular weight is 264 g/mol. The summed E-state index contributed by atoms with van der Waals surface area (Å²) in [7, 11) is 0. The lowest BCUT2D eigenvalue weighted by Crippen LogP contribution is -2.40. The molecule has 19 heavy (non-hydrogen) atoms. The third-order valence-corrected chi connectivity index (χ3v) is 7.62. The first-order valence-corrected chi connectivity index (χ1v) is 8.40. The molecule has 5 atom stereocenters. The van der Waals surface area contributed by atoms with Crippen molar-refractivity contribution in [2.75, 3.05) is 0 Å². The van der Waals surface area contributed by atoms with Gasteiger partial charge in [0.1, 0.15) is 0 Å². The smallest absolute Gasteiger partial charge is 0.0238 e. The minimum absolute atomic E-state index is 0. The maximum atomic E-state index is 2.66. The van der Waals surface area contributed by atoms with Gasteiger partial charge in [0, 0.05) is 0 Å². The second-order valence-electron chi connectivity index (χ2n) is 8.79. The number of hydrogen-bond acceptors (Lipinski definition) is 0. The third kappa shape index (κ3) is 2.09. The van der Waals surface area contributed by atoms with Crippen LogP contribution in [0.2, 0.25) is 0 Å². The summed E-state index contributed by atoms with van der Waals surface area (Å²) in [5.74, 6) is 1.99. The van der Waals surface area contributed by atoms with Gasteiger partial charge in [-0.2, -0.15) is 0 Å². The summed E-state index contributed by atoms with van der Waals surface area (Å²) in [5.41, 5.74) is 1.96. The Balaban J connectivity index is 0.00000133. The summed E-state index contributed by atoms with van der Waals surface area (Å²) in [6.07, 6.45) is 13.5. The highest BCUT2D eigenvalue weighted by Gasteiger charge is 2.63. The van der Waals surface area contributed by atoms with Crippen molar-refractivity contribution in [3.63, 3.8) is 0 Å². The third-order valence-electron chi connectivity index (χ3n) is 7.62. The first-order valence-electron chi connectivity index (χ1n) is 8.40. The fraction of sp³-hybridized carbons (Fsp3) is 1.00. The Kier molecular flexibility index (Phi) is 3.87. The van der Waals surface area contributed by atoms with Gasteiger partial charge < -0.3 is 0 Å². The molecule has 5 unspecified atom stereocenters. The van der Waals surface area contributed by atoms with Gasteiger partial charge in [-0.25, -0.2) is 0 Å². The van der Waals surface area contributed by atoms with Gasteiger partial charge >= 0.3 is 0 Å². The van der Waals surface area contributed by atoms with Crippen molar-refractivity contribution in [1.29, 1.82) is 0 Å². The second kappa shape index (κ2) is 4.78. The van der Waals surface area contributed by atoms with Crippen molar-refractivity contribution >= 4 is 0 Å².